The largest absolute Gasteiger partial charge is 0.458 e. The summed E-state index contributed by atoms with van der Waals surface area (Å²) in [5, 5.41) is 3.88. The van der Waals surface area contributed by atoms with Crippen molar-refractivity contribution in [3.05, 3.63) is 23.1 Å². The zero-order valence-corrected chi connectivity index (χ0v) is 9.54. The van der Waals surface area contributed by atoms with Gasteiger partial charge in [0.25, 0.3) is 5.91 Å². The molecule has 1 amide bonds. The molecule has 0 unspecified atom stereocenters. The molecule has 1 N–H and O–H groups in total. The SMILES string of the molecule is O=C(c1cc(Cl)co1)N1C[C@@H]2CN[C@@H](C2)C1. The summed E-state index contributed by atoms with van der Waals surface area (Å²) in [7, 11) is 0. The number of piperidine rings is 1. The van der Waals surface area contributed by atoms with E-state index in [1.54, 1.807) is 6.07 Å². The van der Waals surface area contributed by atoms with Crippen LogP contribution in [0.3, 0.4) is 0 Å². The molecule has 16 heavy (non-hydrogen) atoms. The van der Waals surface area contributed by atoms with Crippen LogP contribution in [0.5, 0.6) is 0 Å². The number of nitrogens with one attached hydrogen (secondary N) is 1. The van der Waals surface area contributed by atoms with E-state index in [1.165, 1.54) is 12.7 Å². The zero-order valence-electron chi connectivity index (χ0n) is 8.78. The van der Waals surface area contributed by atoms with Crippen molar-refractivity contribution in [3.63, 3.8) is 0 Å². The minimum absolute atomic E-state index is 0.0506. The van der Waals surface area contributed by atoms with Crippen molar-refractivity contribution in [2.24, 2.45) is 5.92 Å². The first kappa shape index (κ1) is 10.2. The smallest absolute Gasteiger partial charge is 0.289 e. The van der Waals surface area contributed by atoms with Crippen LogP contribution in [0.2, 0.25) is 5.02 Å². The molecule has 2 aliphatic heterocycles. The summed E-state index contributed by atoms with van der Waals surface area (Å²) in [6, 6.07) is 2.03. The Kier molecular flexibility index (Phi) is 2.41. The van der Waals surface area contributed by atoms with E-state index in [1.807, 2.05) is 4.90 Å². The van der Waals surface area contributed by atoms with Crippen LogP contribution in [-0.4, -0.2) is 36.5 Å². The van der Waals surface area contributed by atoms with Gasteiger partial charge in [0.05, 0.1) is 5.02 Å². The first-order valence-corrected chi connectivity index (χ1v) is 5.87. The molecular weight excluding hydrogens is 228 g/mol. The summed E-state index contributed by atoms with van der Waals surface area (Å²) >= 11 is 5.74. The Hall–Kier alpha value is -1.00. The van der Waals surface area contributed by atoms with Crippen molar-refractivity contribution in [2.75, 3.05) is 19.6 Å². The molecule has 0 radical (unpaired) electrons. The monoisotopic (exact) mass is 240 g/mol. The molecule has 2 bridgehead atoms. The first-order chi connectivity index (χ1) is 7.72. The molecule has 86 valence electrons. The first-order valence-electron chi connectivity index (χ1n) is 5.49. The molecule has 2 aliphatic rings. The van der Waals surface area contributed by atoms with Gasteiger partial charge < -0.3 is 14.6 Å². The number of fused-ring (bicyclic) bond motifs is 2. The zero-order chi connectivity index (χ0) is 11.1. The maximum atomic E-state index is 12.1. The summed E-state index contributed by atoms with van der Waals surface area (Å²) in [4.78, 5) is 13.9. The molecule has 2 atom stereocenters. The highest BCUT2D eigenvalue weighted by atomic mass is 35.5. The quantitative estimate of drug-likeness (QED) is 0.807. The van der Waals surface area contributed by atoms with Crippen LogP contribution < -0.4 is 5.32 Å². The van der Waals surface area contributed by atoms with Gasteiger partial charge in [-0.3, -0.25) is 4.79 Å². The standard InChI is InChI=1S/C11H13ClN2O2/c12-8-2-10(16-6-8)11(15)14-4-7-1-9(5-14)13-3-7/h2,6-7,9,13H,1,3-5H2/t7-,9-/m0/s1. The van der Waals surface area contributed by atoms with Crippen molar-refractivity contribution >= 4 is 17.5 Å². The lowest BCUT2D eigenvalue weighted by Crippen LogP contribution is -2.44. The molecule has 3 rings (SSSR count). The van der Waals surface area contributed by atoms with Gasteiger partial charge in [0.1, 0.15) is 6.26 Å². The van der Waals surface area contributed by atoms with E-state index in [0.717, 1.165) is 19.6 Å². The van der Waals surface area contributed by atoms with Gasteiger partial charge in [-0.2, -0.15) is 0 Å². The highest BCUT2D eigenvalue weighted by molar-refractivity contribution is 6.30. The lowest BCUT2D eigenvalue weighted by molar-refractivity contribution is 0.0659. The molecular formula is C11H13ClN2O2. The Balaban J connectivity index is 1.76. The number of likely N-dealkylation sites (tertiary alicyclic amines) is 1. The van der Waals surface area contributed by atoms with Gasteiger partial charge in [0, 0.05) is 31.7 Å². The van der Waals surface area contributed by atoms with Crippen molar-refractivity contribution in [2.45, 2.75) is 12.5 Å². The fourth-order valence-corrected chi connectivity index (χ4v) is 2.72. The van der Waals surface area contributed by atoms with Crippen molar-refractivity contribution in [1.82, 2.24) is 10.2 Å². The van der Waals surface area contributed by atoms with Crippen LogP contribution in [0.25, 0.3) is 0 Å². The second-order valence-corrected chi connectivity index (χ2v) is 4.98. The van der Waals surface area contributed by atoms with Crippen LogP contribution in [0.4, 0.5) is 0 Å². The number of halogens is 1. The van der Waals surface area contributed by atoms with Gasteiger partial charge in [0.15, 0.2) is 5.76 Å². The maximum absolute atomic E-state index is 12.1. The topological polar surface area (TPSA) is 45.5 Å². The number of nitrogens with zero attached hydrogens (tertiary/aromatic N) is 1. The second kappa shape index (κ2) is 3.79. The molecule has 0 spiro atoms. The molecule has 1 aromatic rings. The van der Waals surface area contributed by atoms with Crippen molar-refractivity contribution in [3.8, 4) is 0 Å². The van der Waals surface area contributed by atoms with Gasteiger partial charge in [-0.05, 0) is 12.3 Å². The summed E-state index contributed by atoms with van der Waals surface area (Å²) < 4.78 is 5.13. The summed E-state index contributed by atoms with van der Waals surface area (Å²) in [5.74, 6) is 0.879. The van der Waals surface area contributed by atoms with E-state index in [-0.39, 0.29) is 5.91 Å². The Morgan fingerprint density at radius 3 is 3.12 bits per heavy atom. The fraction of sp³-hybridized carbons (Fsp3) is 0.545. The second-order valence-electron chi connectivity index (χ2n) is 4.55. The minimum Gasteiger partial charge on any atom is -0.458 e. The Bertz CT molecular complexity index is 406. The molecule has 4 nitrogen and oxygen atoms in total. The van der Waals surface area contributed by atoms with E-state index in [2.05, 4.69) is 5.32 Å². The van der Waals surface area contributed by atoms with Crippen LogP contribution in [0.15, 0.2) is 16.7 Å². The minimum atomic E-state index is -0.0506. The Morgan fingerprint density at radius 1 is 1.56 bits per heavy atom. The van der Waals surface area contributed by atoms with Crippen molar-refractivity contribution in [1.29, 1.82) is 0 Å². The number of hydrogen-bond acceptors (Lipinski definition) is 3. The fourth-order valence-electron chi connectivity index (χ4n) is 2.58. The number of hydrogen-bond donors (Lipinski definition) is 1. The lowest BCUT2D eigenvalue weighted by Gasteiger charge is -2.30. The number of carbonyl (C=O) groups is 1. The van der Waals surface area contributed by atoms with Gasteiger partial charge in [-0.25, -0.2) is 0 Å². The Morgan fingerprint density at radius 2 is 2.44 bits per heavy atom. The van der Waals surface area contributed by atoms with Gasteiger partial charge in [-0.15, -0.1) is 0 Å². The van der Waals surface area contributed by atoms with E-state index in [9.17, 15) is 4.79 Å². The Labute approximate surface area is 98.5 Å². The number of amides is 1. The molecule has 2 fully saturated rings. The average Bonchev–Trinajstić information content (AvgIpc) is 2.84. The van der Waals surface area contributed by atoms with Crippen LogP contribution in [0.1, 0.15) is 17.0 Å². The molecule has 1 aromatic heterocycles. The summed E-state index contributed by atoms with van der Waals surface area (Å²) in [5.41, 5.74) is 0. The highest BCUT2D eigenvalue weighted by Crippen LogP contribution is 2.24. The van der Waals surface area contributed by atoms with E-state index in [0.29, 0.717) is 22.7 Å². The maximum Gasteiger partial charge on any atom is 0.289 e. The van der Waals surface area contributed by atoms with Crippen LogP contribution in [0, 0.1) is 5.92 Å². The van der Waals surface area contributed by atoms with E-state index < -0.39 is 0 Å². The predicted molar refractivity (Wildman–Crippen MR) is 59.5 cm³/mol. The lowest BCUT2D eigenvalue weighted by atomic mass is 10.00. The normalized spacial score (nSPS) is 28.4. The van der Waals surface area contributed by atoms with Gasteiger partial charge in [0.2, 0.25) is 0 Å². The summed E-state index contributed by atoms with van der Waals surface area (Å²) in [6.45, 7) is 2.61. The third-order valence-electron chi connectivity index (χ3n) is 3.30. The van der Waals surface area contributed by atoms with E-state index >= 15 is 0 Å². The molecule has 0 aliphatic carbocycles. The molecule has 5 heteroatoms. The third kappa shape index (κ3) is 1.72. The number of rotatable bonds is 1. The average molecular weight is 241 g/mol. The number of furan rings is 1. The summed E-state index contributed by atoms with van der Waals surface area (Å²) in [6.07, 6.45) is 2.58. The molecule has 0 saturated carbocycles. The van der Waals surface area contributed by atoms with Crippen molar-refractivity contribution < 1.29 is 9.21 Å². The number of carbonyl (C=O) groups excluding carboxylic acids is 1. The van der Waals surface area contributed by atoms with Crippen LogP contribution >= 0.6 is 11.6 Å². The van der Waals surface area contributed by atoms with Gasteiger partial charge >= 0.3 is 0 Å². The van der Waals surface area contributed by atoms with Gasteiger partial charge in [-0.1, -0.05) is 11.6 Å². The molecule has 3 heterocycles. The van der Waals surface area contributed by atoms with E-state index in [4.69, 9.17) is 16.0 Å². The third-order valence-corrected chi connectivity index (χ3v) is 3.50. The van der Waals surface area contributed by atoms with Crippen LogP contribution in [-0.2, 0) is 0 Å². The molecule has 2 saturated heterocycles. The highest BCUT2D eigenvalue weighted by Gasteiger charge is 2.35. The molecule has 0 aromatic carbocycles. The predicted octanol–water partition coefficient (Wildman–Crippen LogP) is 1.37.